The summed E-state index contributed by atoms with van der Waals surface area (Å²) in [5.74, 6) is 0.634. The Morgan fingerprint density at radius 2 is 2.28 bits per heavy atom. The van der Waals surface area contributed by atoms with E-state index in [1.165, 1.54) is 6.07 Å². The lowest BCUT2D eigenvalue weighted by Crippen LogP contribution is -2.17. The van der Waals surface area contributed by atoms with Gasteiger partial charge in [-0.2, -0.15) is 0 Å². The molecule has 18 heavy (non-hydrogen) atoms. The first-order chi connectivity index (χ1) is 8.47. The largest absolute Gasteiger partial charge is 0.492 e. The van der Waals surface area contributed by atoms with E-state index < -0.39 is 10.0 Å². The van der Waals surface area contributed by atoms with Crippen molar-refractivity contribution >= 4 is 10.0 Å². The lowest BCUT2D eigenvalue weighted by molar-refractivity contribution is 0.166. The fraction of sp³-hybridized carbons (Fsp3) is 0.500. The van der Waals surface area contributed by atoms with E-state index >= 15 is 0 Å². The van der Waals surface area contributed by atoms with Gasteiger partial charge in [0.15, 0.2) is 0 Å². The van der Waals surface area contributed by atoms with Gasteiger partial charge in [-0.3, -0.25) is 0 Å². The normalized spacial score (nSPS) is 20.0. The van der Waals surface area contributed by atoms with Crippen molar-refractivity contribution in [3.63, 3.8) is 0 Å². The van der Waals surface area contributed by atoms with Gasteiger partial charge >= 0.3 is 0 Å². The zero-order valence-electron chi connectivity index (χ0n) is 10.3. The Labute approximate surface area is 107 Å². The maximum absolute atomic E-state index is 11.5. The van der Waals surface area contributed by atoms with Crippen molar-refractivity contribution in [1.82, 2.24) is 0 Å². The lowest BCUT2D eigenvalue weighted by atomic mass is 10.1. The molecule has 0 saturated carbocycles. The third-order valence-electron chi connectivity index (χ3n) is 2.90. The molecule has 0 aliphatic carbocycles. The Hall–Kier alpha value is -1.11. The molecule has 0 radical (unpaired) electrons. The van der Waals surface area contributed by atoms with Crippen LogP contribution in [0.2, 0.25) is 0 Å². The minimum atomic E-state index is -3.76. The molecule has 0 spiro atoms. The van der Waals surface area contributed by atoms with E-state index in [1.807, 2.05) is 6.92 Å². The second kappa shape index (κ2) is 5.26. The third kappa shape index (κ3) is 3.22. The number of rotatable bonds is 4. The van der Waals surface area contributed by atoms with Crippen molar-refractivity contribution < 1.29 is 17.9 Å². The number of sulfonamides is 1. The van der Waals surface area contributed by atoms with Crippen LogP contribution < -0.4 is 9.88 Å². The third-order valence-corrected chi connectivity index (χ3v) is 3.84. The molecule has 1 fully saturated rings. The summed E-state index contributed by atoms with van der Waals surface area (Å²) in [5, 5.41) is 5.18. The van der Waals surface area contributed by atoms with Crippen LogP contribution in [0.15, 0.2) is 23.1 Å². The van der Waals surface area contributed by atoms with Crippen molar-refractivity contribution in [2.45, 2.75) is 18.2 Å². The van der Waals surface area contributed by atoms with Gasteiger partial charge in [-0.1, -0.05) is 6.07 Å². The molecule has 1 saturated heterocycles. The van der Waals surface area contributed by atoms with Crippen LogP contribution in [0, 0.1) is 12.8 Å². The number of benzene rings is 1. The molecule has 0 bridgehead atoms. The Morgan fingerprint density at radius 3 is 2.89 bits per heavy atom. The van der Waals surface area contributed by atoms with Crippen LogP contribution in [0.5, 0.6) is 5.75 Å². The fourth-order valence-corrected chi connectivity index (χ4v) is 2.64. The first kappa shape index (κ1) is 13.3. The summed E-state index contributed by atoms with van der Waals surface area (Å²) in [5.41, 5.74) is 0.829. The zero-order valence-corrected chi connectivity index (χ0v) is 11.1. The maximum atomic E-state index is 11.5. The summed E-state index contributed by atoms with van der Waals surface area (Å²) in [4.78, 5) is 0.0430. The molecule has 1 aliphatic rings. The van der Waals surface area contributed by atoms with Crippen LogP contribution in [-0.2, 0) is 14.8 Å². The number of aryl methyl sites for hydroxylation is 1. The Morgan fingerprint density at radius 1 is 1.50 bits per heavy atom. The van der Waals surface area contributed by atoms with Gasteiger partial charge in [-0.25, -0.2) is 13.6 Å². The highest BCUT2D eigenvalue weighted by Gasteiger charge is 2.19. The predicted octanol–water partition coefficient (Wildman–Crippen LogP) is 1.06. The van der Waals surface area contributed by atoms with E-state index in [0.29, 0.717) is 24.9 Å². The number of hydrogen-bond acceptors (Lipinski definition) is 4. The summed E-state index contributed by atoms with van der Waals surface area (Å²) in [6.45, 7) is 3.66. The van der Waals surface area contributed by atoms with E-state index in [2.05, 4.69) is 0 Å². The minimum Gasteiger partial charge on any atom is -0.492 e. The van der Waals surface area contributed by atoms with Gasteiger partial charge in [0.25, 0.3) is 0 Å². The number of primary sulfonamides is 1. The highest BCUT2D eigenvalue weighted by Crippen LogP contribution is 2.25. The van der Waals surface area contributed by atoms with Crippen LogP contribution in [0.1, 0.15) is 12.0 Å². The molecule has 2 N–H and O–H groups in total. The average molecular weight is 271 g/mol. The maximum Gasteiger partial charge on any atom is 0.241 e. The highest BCUT2D eigenvalue weighted by atomic mass is 32.2. The molecule has 1 atom stereocenters. The predicted molar refractivity (Wildman–Crippen MR) is 67.0 cm³/mol. The standard InChI is InChI=1S/C12H17NO4S/c1-9-2-3-11(12(6-9)18(13,14)15)17-8-10-4-5-16-7-10/h2-3,6,10H,4-5,7-8H2,1H3,(H2,13,14,15). The molecular formula is C12H17NO4S. The number of nitrogens with two attached hydrogens (primary N) is 1. The molecule has 1 aromatic carbocycles. The Kier molecular flexibility index (Phi) is 3.89. The second-order valence-electron chi connectivity index (χ2n) is 4.54. The topological polar surface area (TPSA) is 78.6 Å². The molecule has 100 valence electrons. The van der Waals surface area contributed by atoms with Gasteiger partial charge in [0.2, 0.25) is 10.0 Å². The molecule has 2 rings (SSSR count). The molecule has 1 aliphatic heterocycles. The summed E-state index contributed by atoms with van der Waals surface area (Å²) in [6.07, 6.45) is 0.941. The minimum absolute atomic E-state index is 0.0430. The van der Waals surface area contributed by atoms with E-state index in [0.717, 1.165) is 18.6 Å². The van der Waals surface area contributed by atoms with E-state index in [9.17, 15) is 8.42 Å². The zero-order chi connectivity index (χ0) is 13.2. The smallest absolute Gasteiger partial charge is 0.241 e. The van der Waals surface area contributed by atoms with Crippen molar-refractivity contribution in [2.24, 2.45) is 11.1 Å². The monoisotopic (exact) mass is 271 g/mol. The molecular weight excluding hydrogens is 254 g/mol. The van der Waals surface area contributed by atoms with Gasteiger partial charge in [0, 0.05) is 12.5 Å². The van der Waals surface area contributed by atoms with E-state index in [-0.39, 0.29) is 4.90 Å². The quantitative estimate of drug-likeness (QED) is 0.888. The summed E-state index contributed by atoms with van der Waals surface area (Å²) < 4.78 is 33.8. The lowest BCUT2D eigenvalue weighted by Gasteiger charge is -2.13. The SMILES string of the molecule is Cc1ccc(OCC2CCOC2)c(S(N)(=O)=O)c1. The summed E-state index contributed by atoms with van der Waals surface area (Å²) in [6, 6.07) is 4.97. The van der Waals surface area contributed by atoms with Gasteiger partial charge in [0.05, 0.1) is 13.2 Å². The average Bonchev–Trinajstić information content (AvgIpc) is 2.79. The Bertz CT molecular complexity index is 521. The summed E-state index contributed by atoms with van der Waals surface area (Å²) in [7, 11) is -3.76. The van der Waals surface area contributed by atoms with Gasteiger partial charge in [-0.15, -0.1) is 0 Å². The fourth-order valence-electron chi connectivity index (χ4n) is 1.88. The first-order valence-electron chi connectivity index (χ1n) is 5.81. The number of hydrogen-bond donors (Lipinski definition) is 1. The van der Waals surface area contributed by atoms with Gasteiger partial charge < -0.3 is 9.47 Å². The highest BCUT2D eigenvalue weighted by molar-refractivity contribution is 7.89. The molecule has 1 aromatic rings. The van der Waals surface area contributed by atoms with Crippen LogP contribution in [-0.4, -0.2) is 28.2 Å². The van der Waals surface area contributed by atoms with Crippen LogP contribution >= 0.6 is 0 Å². The van der Waals surface area contributed by atoms with Crippen molar-refractivity contribution in [3.8, 4) is 5.75 Å². The van der Waals surface area contributed by atoms with Crippen LogP contribution in [0.4, 0.5) is 0 Å². The summed E-state index contributed by atoms with van der Waals surface area (Å²) >= 11 is 0. The van der Waals surface area contributed by atoms with Crippen molar-refractivity contribution in [3.05, 3.63) is 23.8 Å². The van der Waals surface area contributed by atoms with Gasteiger partial charge in [-0.05, 0) is 31.0 Å². The molecule has 6 heteroatoms. The van der Waals surface area contributed by atoms with Crippen LogP contribution in [0.3, 0.4) is 0 Å². The van der Waals surface area contributed by atoms with Gasteiger partial charge in [0.1, 0.15) is 10.6 Å². The molecule has 1 heterocycles. The van der Waals surface area contributed by atoms with Crippen LogP contribution in [0.25, 0.3) is 0 Å². The van der Waals surface area contributed by atoms with E-state index in [1.54, 1.807) is 12.1 Å². The molecule has 1 unspecified atom stereocenters. The van der Waals surface area contributed by atoms with E-state index in [4.69, 9.17) is 14.6 Å². The molecule has 5 nitrogen and oxygen atoms in total. The first-order valence-corrected chi connectivity index (χ1v) is 7.35. The van der Waals surface area contributed by atoms with Crippen molar-refractivity contribution in [1.29, 1.82) is 0 Å². The second-order valence-corrected chi connectivity index (χ2v) is 6.07. The number of ether oxygens (including phenoxy) is 2. The molecule has 0 amide bonds. The Balaban J connectivity index is 2.16. The molecule has 0 aromatic heterocycles. The van der Waals surface area contributed by atoms with Crippen molar-refractivity contribution in [2.75, 3.05) is 19.8 Å².